The maximum atomic E-state index is 12.8. The second-order valence-electron chi connectivity index (χ2n) is 6.16. The number of nitrogens with zero attached hydrogens (tertiary/aromatic N) is 1. The summed E-state index contributed by atoms with van der Waals surface area (Å²) < 4.78 is 25.8. The van der Waals surface area contributed by atoms with Crippen LogP contribution in [0.5, 0.6) is 0 Å². The van der Waals surface area contributed by atoms with Crippen molar-refractivity contribution in [2.45, 2.75) is 25.3 Å². The molecule has 0 saturated carbocycles. The number of benzene rings is 2. The van der Waals surface area contributed by atoms with Gasteiger partial charge in [0.15, 0.2) is 0 Å². The maximum absolute atomic E-state index is 12.8. The molecule has 0 radical (unpaired) electrons. The van der Waals surface area contributed by atoms with E-state index in [4.69, 9.17) is 0 Å². The van der Waals surface area contributed by atoms with Gasteiger partial charge in [0.2, 0.25) is 10.0 Å². The van der Waals surface area contributed by atoms with Crippen LogP contribution in [0.4, 0.5) is 5.69 Å². The summed E-state index contributed by atoms with van der Waals surface area (Å²) in [5, 5.41) is 6.13. The van der Waals surface area contributed by atoms with Gasteiger partial charge in [-0.3, -0.25) is 4.79 Å². The quantitative estimate of drug-likeness (QED) is 0.780. The molecule has 0 aromatic heterocycles. The van der Waals surface area contributed by atoms with Gasteiger partial charge in [-0.25, -0.2) is 12.7 Å². The van der Waals surface area contributed by atoms with E-state index in [1.807, 2.05) is 31.2 Å². The summed E-state index contributed by atoms with van der Waals surface area (Å²) in [7, 11) is -0.671. The minimum absolute atomic E-state index is 0.0965. The van der Waals surface area contributed by atoms with Crippen LogP contribution in [0.3, 0.4) is 0 Å². The highest BCUT2D eigenvalue weighted by Gasteiger charge is 2.20. The van der Waals surface area contributed by atoms with Crippen LogP contribution < -0.4 is 10.6 Å². The molecule has 0 aliphatic heterocycles. The summed E-state index contributed by atoms with van der Waals surface area (Å²) >= 11 is 0. The Balaban J connectivity index is 2.34. The molecule has 26 heavy (non-hydrogen) atoms. The van der Waals surface area contributed by atoms with Gasteiger partial charge in [0.05, 0.1) is 4.90 Å². The largest absolute Gasteiger partial charge is 0.322 e. The summed E-state index contributed by atoms with van der Waals surface area (Å²) in [4.78, 5) is 12.9. The fraction of sp³-hybridized carbons (Fsp3) is 0.316. The Morgan fingerprint density at radius 3 is 2.46 bits per heavy atom. The molecular formula is C19H25N3O3S. The zero-order valence-corrected chi connectivity index (χ0v) is 16.4. The second kappa shape index (κ2) is 8.44. The van der Waals surface area contributed by atoms with Gasteiger partial charge >= 0.3 is 0 Å². The molecular weight excluding hydrogens is 350 g/mol. The van der Waals surface area contributed by atoms with Crippen LogP contribution in [-0.2, 0) is 16.6 Å². The first-order valence-corrected chi connectivity index (χ1v) is 9.84. The van der Waals surface area contributed by atoms with Gasteiger partial charge in [0, 0.05) is 31.9 Å². The Labute approximate surface area is 155 Å². The lowest BCUT2D eigenvalue weighted by Crippen LogP contribution is -2.23. The smallest absolute Gasteiger partial charge is 0.255 e. The lowest BCUT2D eigenvalue weighted by atomic mass is 10.1. The van der Waals surface area contributed by atoms with Crippen molar-refractivity contribution in [1.29, 1.82) is 0 Å². The SMILES string of the molecule is CCNCc1ccccc1NC(=O)c1cc(S(=O)(=O)N(C)C)ccc1C. The van der Waals surface area contributed by atoms with Gasteiger partial charge < -0.3 is 10.6 Å². The molecule has 0 unspecified atom stereocenters. The molecule has 2 aromatic rings. The lowest BCUT2D eigenvalue weighted by molar-refractivity contribution is 0.102. The van der Waals surface area contributed by atoms with Crippen molar-refractivity contribution in [2.24, 2.45) is 0 Å². The number of amides is 1. The highest BCUT2D eigenvalue weighted by atomic mass is 32.2. The molecule has 0 spiro atoms. The van der Waals surface area contributed by atoms with Crippen LogP contribution in [0.15, 0.2) is 47.4 Å². The molecule has 2 rings (SSSR count). The Morgan fingerprint density at radius 2 is 1.81 bits per heavy atom. The van der Waals surface area contributed by atoms with Crippen LogP contribution in [0.25, 0.3) is 0 Å². The zero-order valence-electron chi connectivity index (χ0n) is 15.5. The van der Waals surface area contributed by atoms with Gasteiger partial charge in [-0.15, -0.1) is 0 Å². The molecule has 140 valence electrons. The summed E-state index contributed by atoms with van der Waals surface area (Å²) in [6.45, 7) is 5.26. The third kappa shape index (κ3) is 4.49. The third-order valence-electron chi connectivity index (χ3n) is 4.06. The predicted octanol–water partition coefficient (Wildman–Crippen LogP) is 2.61. The van der Waals surface area contributed by atoms with Gasteiger partial charge in [-0.05, 0) is 42.8 Å². The van der Waals surface area contributed by atoms with Gasteiger partial charge in [0.1, 0.15) is 0 Å². The van der Waals surface area contributed by atoms with Gasteiger partial charge in [0.25, 0.3) is 5.91 Å². The molecule has 0 saturated heterocycles. The van der Waals surface area contributed by atoms with Crippen molar-refractivity contribution >= 4 is 21.6 Å². The molecule has 1 amide bonds. The number of anilines is 1. The predicted molar refractivity (Wildman–Crippen MR) is 104 cm³/mol. The molecule has 6 nitrogen and oxygen atoms in total. The summed E-state index contributed by atoms with van der Waals surface area (Å²) in [6, 6.07) is 12.1. The van der Waals surface area contributed by atoms with Crippen molar-refractivity contribution in [3.05, 3.63) is 59.2 Å². The number of hydrogen-bond donors (Lipinski definition) is 2. The summed E-state index contributed by atoms with van der Waals surface area (Å²) in [5.41, 5.74) is 2.73. The monoisotopic (exact) mass is 375 g/mol. The molecule has 0 atom stereocenters. The van der Waals surface area contributed by atoms with E-state index in [1.165, 1.54) is 26.2 Å². The van der Waals surface area contributed by atoms with E-state index in [-0.39, 0.29) is 10.8 Å². The van der Waals surface area contributed by atoms with Crippen molar-refractivity contribution < 1.29 is 13.2 Å². The molecule has 0 bridgehead atoms. The minimum Gasteiger partial charge on any atom is -0.322 e. The average Bonchev–Trinajstić information content (AvgIpc) is 2.61. The van der Waals surface area contributed by atoms with Crippen molar-refractivity contribution in [3.8, 4) is 0 Å². The van der Waals surface area contributed by atoms with Gasteiger partial charge in [-0.1, -0.05) is 31.2 Å². The molecule has 0 aliphatic rings. The van der Waals surface area contributed by atoms with E-state index in [2.05, 4.69) is 10.6 Å². The number of aryl methyl sites for hydroxylation is 1. The minimum atomic E-state index is -3.60. The second-order valence-corrected chi connectivity index (χ2v) is 8.31. The van der Waals surface area contributed by atoms with Crippen LogP contribution in [0.2, 0.25) is 0 Å². The summed E-state index contributed by atoms with van der Waals surface area (Å²) in [5.74, 6) is -0.331. The van der Waals surface area contributed by atoms with Crippen molar-refractivity contribution in [2.75, 3.05) is 26.0 Å². The highest BCUT2D eigenvalue weighted by Crippen LogP contribution is 2.21. The van der Waals surface area contributed by atoms with Gasteiger partial charge in [-0.2, -0.15) is 0 Å². The molecule has 0 aliphatic carbocycles. The van der Waals surface area contributed by atoms with E-state index < -0.39 is 10.0 Å². The fourth-order valence-electron chi connectivity index (χ4n) is 2.46. The van der Waals surface area contributed by atoms with Crippen molar-refractivity contribution in [3.63, 3.8) is 0 Å². The number of carbonyl (C=O) groups excluding carboxylic acids is 1. The van der Waals surface area contributed by atoms with E-state index in [9.17, 15) is 13.2 Å². The van der Waals surface area contributed by atoms with E-state index in [0.29, 0.717) is 23.4 Å². The first-order valence-electron chi connectivity index (χ1n) is 8.40. The van der Waals surface area contributed by atoms with E-state index >= 15 is 0 Å². The Hall–Kier alpha value is -2.22. The Bertz CT molecular complexity index is 893. The third-order valence-corrected chi connectivity index (χ3v) is 5.87. The Morgan fingerprint density at radius 1 is 1.12 bits per heavy atom. The molecule has 2 N–H and O–H groups in total. The number of hydrogen-bond acceptors (Lipinski definition) is 4. The number of nitrogens with one attached hydrogen (secondary N) is 2. The molecule has 2 aromatic carbocycles. The fourth-order valence-corrected chi connectivity index (χ4v) is 3.39. The first-order chi connectivity index (χ1) is 12.3. The normalized spacial score (nSPS) is 11.6. The molecule has 0 heterocycles. The zero-order chi connectivity index (χ0) is 19.3. The lowest BCUT2D eigenvalue weighted by Gasteiger charge is -2.15. The van der Waals surface area contributed by atoms with E-state index in [0.717, 1.165) is 16.4 Å². The number of para-hydroxylation sites is 1. The number of carbonyl (C=O) groups is 1. The highest BCUT2D eigenvalue weighted by molar-refractivity contribution is 7.89. The summed E-state index contributed by atoms with van der Waals surface area (Å²) in [6.07, 6.45) is 0. The average molecular weight is 375 g/mol. The number of sulfonamides is 1. The van der Waals surface area contributed by atoms with Crippen LogP contribution in [-0.4, -0.2) is 39.3 Å². The van der Waals surface area contributed by atoms with Crippen LogP contribution >= 0.6 is 0 Å². The maximum Gasteiger partial charge on any atom is 0.255 e. The van der Waals surface area contributed by atoms with Crippen molar-refractivity contribution in [1.82, 2.24) is 9.62 Å². The number of rotatable bonds is 7. The first kappa shape index (κ1) is 20.1. The standard InChI is InChI=1S/C19H25N3O3S/c1-5-20-13-15-8-6-7-9-18(15)21-19(23)17-12-16(11-10-14(17)2)26(24,25)22(3)4/h6-12,20H,5,13H2,1-4H3,(H,21,23). The van der Waals surface area contributed by atoms with Crippen LogP contribution in [0.1, 0.15) is 28.4 Å². The van der Waals surface area contributed by atoms with E-state index in [1.54, 1.807) is 13.0 Å². The molecule has 7 heteroatoms. The topological polar surface area (TPSA) is 78.5 Å². The van der Waals surface area contributed by atoms with Crippen LogP contribution in [0, 0.1) is 6.92 Å². The Kier molecular flexibility index (Phi) is 6.52. The molecule has 0 fully saturated rings.